The van der Waals surface area contributed by atoms with Crippen LogP contribution >= 0.6 is 0 Å². The predicted octanol–water partition coefficient (Wildman–Crippen LogP) is 4.14. The molecule has 25 heavy (non-hydrogen) atoms. The summed E-state index contributed by atoms with van der Waals surface area (Å²) in [7, 11) is 0. The monoisotopic (exact) mass is 333 g/mol. The highest BCUT2D eigenvalue weighted by atomic mass is 16.2. The summed E-state index contributed by atoms with van der Waals surface area (Å²) in [5, 5.41) is 7.27. The second-order valence-electron chi connectivity index (χ2n) is 6.94. The van der Waals surface area contributed by atoms with Gasteiger partial charge < -0.3 is 15.6 Å². The maximum absolute atomic E-state index is 12.1. The summed E-state index contributed by atoms with van der Waals surface area (Å²) in [4.78, 5) is 15.5. The second-order valence-corrected chi connectivity index (χ2v) is 6.94. The SMILES string of the molecule is Cc1[nH]c2ccc(CNC(=O)N[C@@H]3C[C@H]3c3ccccc3)cc2c1C. The first-order chi connectivity index (χ1) is 12.1. The van der Waals surface area contributed by atoms with Gasteiger partial charge in [-0.15, -0.1) is 0 Å². The quantitative estimate of drug-likeness (QED) is 0.660. The molecule has 0 bridgehead atoms. The molecule has 1 saturated carbocycles. The van der Waals surface area contributed by atoms with Gasteiger partial charge in [0.25, 0.3) is 0 Å². The Labute approximate surface area is 147 Å². The van der Waals surface area contributed by atoms with Crippen LogP contribution < -0.4 is 10.6 Å². The Balaban J connectivity index is 1.33. The van der Waals surface area contributed by atoms with Gasteiger partial charge >= 0.3 is 6.03 Å². The minimum Gasteiger partial charge on any atom is -0.358 e. The Hall–Kier alpha value is -2.75. The summed E-state index contributed by atoms with van der Waals surface area (Å²) in [6, 6.07) is 16.8. The molecule has 4 heteroatoms. The molecule has 0 unspecified atom stereocenters. The highest BCUT2D eigenvalue weighted by Gasteiger charge is 2.39. The molecule has 2 amide bonds. The lowest BCUT2D eigenvalue weighted by molar-refractivity contribution is 0.240. The van der Waals surface area contributed by atoms with Gasteiger partial charge in [-0.2, -0.15) is 0 Å². The number of fused-ring (bicyclic) bond motifs is 1. The number of hydrogen-bond acceptors (Lipinski definition) is 1. The molecule has 3 aromatic rings. The molecule has 0 radical (unpaired) electrons. The van der Waals surface area contributed by atoms with Crippen LogP contribution in [-0.4, -0.2) is 17.1 Å². The minimum atomic E-state index is -0.0921. The van der Waals surface area contributed by atoms with Gasteiger partial charge in [0.05, 0.1) is 0 Å². The van der Waals surface area contributed by atoms with Gasteiger partial charge in [0, 0.05) is 35.1 Å². The topological polar surface area (TPSA) is 56.9 Å². The summed E-state index contributed by atoms with van der Waals surface area (Å²) in [6.45, 7) is 4.74. The van der Waals surface area contributed by atoms with Crippen LogP contribution in [0.15, 0.2) is 48.5 Å². The average molecular weight is 333 g/mol. The van der Waals surface area contributed by atoms with Crippen molar-refractivity contribution in [1.82, 2.24) is 15.6 Å². The molecule has 4 rings (SSSR count). The number of rotatable bonds is 4. The zero-order chi connectivity index (χ0) is 17.4. The number of H-pyrrole nitrogens is 1. The van der Waals surface area contributed by atoms with E-state index in [9.17, 15) is 4.79 Å². The fourth-order valence-corrected chi connectivity index (χ4v) is 3.44. The smallest absolute Gasteiger partial charge is 0.315 e. The number of carbonyl (C=O) groups excluding carboxylic acids is 1. The van der Waals surface area contributed by atoms with Crippen LogP contribution in [0.3, 0.4) is 0 Å². The van der Waals surface area contributed by atoms with Crippen LogP contribution in [0.4, 0.5) is 4.79 Å². The van der Waals surface area contributed by atoms with Crippen LogP contribution in [0.5, 0.6) is 0 Å². The molecule has 1 aliphatic rings. The molecule has 0 saturated heterocycles. The molecule has 2 aromatic carbocycles. The number of nitrogens with one attached hydrogen (secondary N) is 3. The molecule has 3 N–H and O–H groups in total. The van der Waals surface area contributed by atoms with Crippen molar-refractivity contribution >= 4 is 16.9 Å². The van der Waals surface area contributed by atoms with E-state index in [4.69, 9.17) is 0 Å². The number of aryl methyl sites for hydroxylation is 2. The molecular formula is C21H23N3O. The van der Waals surface area contributed by atoms with E-state index >= 15 is 0 Å². The van der Waals surface area contributed by atoms with Crippen molar-refractivity contribution in [1.29, 1.82) is 0 Å². The van der Waals surface area contributed by atoms with Gasteiger partial charge in [-0.1, -0.05) is 36.4 Å². The van der Waals surface area contributed by atoms with E-state index in [0.29, 0.717) is 12.5 Å². The normalized spacial score (nSPS) is 19.0. The van der Waals surface area contributed by atoms with Crippen LogP contribution in [0.25, 0.3) is 10.9 Å². The van der Waals surface area contributed by atoms with Gasteiger partial charge in [0.1, 0.15) is 0 Å². The van der Waals surface area contributed by atoms with Crippen LogP contribution in [0.1, 0.15) is 34.7 Å². The van der Waals surface area contributed by atoms with E-state index in [1.807, 2.05) is 18.2 Å². The third-order valence-corrected chi connectivity index (χ3v) is 5.16. The third-order valence-electron chi connectivity index (χ3n) is 5.16. The number of urea groups is 1. The molecule has 2 atom stereocenters. The summed E-state index contributed by atoms with van der Waals surface area (Å²) in [6.07, 6.45) is 1.02. The van der Waals surface area contributed by atoms with Crippen molar-refractivity contribution in [2.45, 2.75) is 38.8 Å². The summed E-state index contributed by atoms with van der Waals surface area (Å²) >= 11 is 0. The average Bonchev–Trinajstić information content (AvgIpc) is 3.33. The van der Waals surface area contributed by atoms with Crippen LogP contribution in [0, 0.1) is 13.8 Å². The van der Waals surface area contributed by atoms with Crippen molar-refractivity contribution in [3.05, 3.63) is 70.9 Å². The largest absolute Gasteiger partial charge is 0.358 e. The van der Waals surface area contributed by atoms with E-state index in [0.717, 1.165) is 17.5 Å². The van der Waals surface area contributed by atoms with Crippen LogP contribution in [-0.2, 0) is 6.54 Å². The predicted molar refractivity (Wildman–Crippen MR) is 101 cm³/mol. The number of carbonyl (C=O) groups is 1. The number of aromatic nitrogens is 1. The molecule has 1 fully saturated rings. The van der Waals surface area contributed by atoms with Gasteiger partial charge in [-0.3, -0.25) is 0 Å². The van der Waals surface area contributed by atoms with Gasteiger partial charge in [0.15, 0.2) is 0 Å². The van der Waals surface area contributed by atoms with Gasteiger partial charge in [0.2, 0.25) is 0 Å². The summed E-state index contributed by atoms with van der Waals surface area (Å²) in [5.74, 6) is 0.453. The van der Waals surface area contributed by atoms with Crippen molar-refractivity contribution in [2.24, 2.45) is 0 Å². The molecule has 128 valence electrons. The van der Waals surface area contributed by atoms with E-state index in [2.05, 4.69) is 59.8 Å². The number of hydrogen-bond donors (Lipinski definition) is 3. The molecule has 1 aromatic heterocycles. The molecule has 4 nitrogen and oxygen atoms in total. The maximum Gasteiger partial charge on any atom is 0.315 e. The van der Waals surface area contributed by atoms with E-state index in [-0.39, 0.29) is 12.1 Å². The lowest BCUT2D eigenvalue weighted by Gasteiger charge is -2.08. The number of amides is 2. The standard InChI is InChI=1S/C21H23N3O/c1-13-14(2)23-19-9-8-15(10-17(13)19)12-22-21(25)24-20-11-18(20)16-6-4-3-5-7-16/h3-10,18,20,23H,11-12H2,1-2H3,(H2,22,24,25)/t18-,20+/m0/s1. The second kappa shape index (κ2) is 6.28. The Kier molecular flexibility index (Phi) is 3.96. The van der Waals surface area contributed by atoms with E-state index in [1.54, 1.807) is 0 Å². The third kappa shape index (κ3) is 3.25. The van der Waals surface area contributed by atoms with E-state index < -0.39 is 0 Å². The first-order valence-electron chi connectivity index (χ1n) is 8.79. The molecule has 0 aliphatic heterocycles. The molecule has 1 heterocycles. The Morgan fingerprint density at radius 3 is 2.76 bits per heavy atom. The van der Waals surface area contributed by atoms with Crippen LogP contribution in [0.2, 0.25) is 0 Å². The zero-order valence-electron chi connectivity index (χ0n) is 14.6. The Bertz CT molecular complexity index is 914. The van der Waals surface area contributed by atoms with E-state index in [1.165, 1.54) is 22.2 Å². The number of aromatic amines is 1. The summed E-state index contributed by atoms with van der Waals surface area (Å²) in [5.41, 5.74) is 6.02. The fourth-order valence-electron chi connectivity index (χ4n) is 3.44. The Morgan fingerprint density at radius 2 is 1.96 bits per heavy atom. The minimum absolute atomic E-state index is 0.0921. The van der Waals surface area contributed by atoms with Crippen molar-refractivity contribution in [2.75, 3.05) is 0 Å². The maximum atomic E-state index is 12.1. The molecule has 0 spiro atoms. The van der Waals surface area contributed by atoms with Gasteiger partial charge in [-0.25, -0.2) is 4.79 Å². The Morgan fingerprint density at radius 1 is 1.16 bits per heavy atom. The highest BCUT2D eigenvalue weighted by molar-refractivity contribution is 5.85. The van der Waals surface area contributed by atoms with Crippen molar-refractivity contribution < 1.29 is 4.79 Å². The van der Waals surface area contributed by atoms with Crippen molar-refractivity contribution in [3.63, 3.8) is 0 Å². The van der Waals surface area contributed by atoms with Crippen molar-refractivity contribution in [3.8, 4) is 0 Å². The first-order valence-corrected chi connectivity index (χ1v) is 8.79. The first kappa shape index (κ1) is 15.8. The molecule has 1 aliphatic carbocycles. The zero-order valence-corrected chi connectivity index (χ0v) is 14.6. The fraction of sp³-hybridized carbons (Fsp3) is 0.286. The summed E-state index contributed by atoms with van der Waals surface area (Å²) < 4.78 is 0. The molecular weight excluding hydrogens is 310 g/mol. The highest BCUT2D eigenvalue weighted by Crippen LogP contribution is 2.40. The lowest BCUT2D eigenvalue weighted by Crippen LogP contribution is -2.36. The van der Waals surface area contributed by atoms with Gasteiger partial charge in [-0.05, 0) is 49.1 Å². The lowest BCUT2D eigenvalue weighted by atomic mass is 10.1. The number of benzene rings is 2.